The molecule has 0 saturated carbocycles. The van der Waals surface area contributed by atoms with E-state index in [1.807, 2.05) is 0 Å². The van der Waals surface area contributed by atoms with Crippen LogP contribution in [0.25, 0.3) is 11.1 Å². The minimum atomic E-state index is -5.09. The standard InChI is InChI=1S/C20H14N8O10S4/c29-15-13(16(30)22-19(39)21-15)27-25-7-1-3-9(11(5-7)41(33,34)35)10-4-2-8(6-12(10)42(36,37)38)26-28-14-17(31)23-20(40)24-18(14)32/h1-6,13-14H,(H,33,34,35)(H,36,37,38)(H2,21,22,29,30,39)(H2,23,24,31,32,40). The van der Waals surface area contributed by atoms with E-state index in [2.05, 4.69) is 66.2 Å². The van der Waals surface area contributed by atoms with Crippen LogP contribution < -0.4 is 21.3 Å². The Morgan fingerprint density at radius 2 is 0.905 bits per heavy atom. The number of rotatable bonds is 7. The fourth-order valence-corrected chi connectivity index (χ4v) is 5.35. The van der Waals surface area contributed by atoms with E-state index in [0.29, 0.717) is 0 Å². The lowest BCUT2D eigenvalue weighted by molar-refractivity contribution is -0.132. The average molecular weight is 655 g/mol. The first-order chi connectivity index (χ1) is 19.5. The second-order valence-electron chi connectivity index (χ2n) is 8.16. The van der Waals surface area contributed by atoms with Crippen molar-refractivity contribution in [1.82, 2.24) is 21.3 Å². The van der Waals surface area contributed by atoms with Crippen molar-refractivity contribution in [3.05, 3.63) is 36.4 Å². The van der Waals surface area contributed by atoms with Gasteiger partial charge < -0.3 is 21.3 Å². The van der Waals surface area contributed by atoms with Gasteiger partial charge >= 0.3 is 0 Å². The molecule has 2 aromatic rings. The molecule has 0 aromatic heterocycles. The highest BCUT2D eigenvalue weighted by Gasteiger charge is 2.34. The van der Waals surface area contributed by atoms with E-state index in [0.717, 1.165) is 36.4 Å². The molecule has 0 unspecified atom stereocenters. The maximum absolute atomic E-state index is 12.2. The first-order valence-corrected chi connectivity index (χ1v) is 14.6. The third-order valence-electron chi connectivity index (χ3n) is 5.29. The lowest BCUT2D eigenvalue weighted by Gasteiger charge is -2.18. The van der Waals surface area contributed by atoms with Crippen molar-refractivity contribution in [2.24, 2.45) is 20.5 Å². The van der Waals surface area contributed by atoms with Gasteiger partial charge in [0.1, 0.15) is 9.79 Å². The summed E-state index contributed by atoms with van der Waals surface area (Å²) in [5.74, 6) is -3.60. The molecule has 18 nitrogen and oxygen atoms in total. The Morgan fingerprint density at radius 3 is 1.19 bits per heavy atom. The number of nitrogens with one attached hydrogen (secondary N) is 4. The van der Waals surface area contributed by atoms with Gasteiger partial charge in [-0.1, -0.05) is 12.1 Å². The van der Waals surface area contributed by atoms with Gasteiger partial charge in [-0.3, -0.25) is 28.3 Å². The molecular formula is C20H14N8O10S4. The maximum Gasteiger partial charge on any atom is 0.295 e. The molecule has 2 fully saturated rings. The zero-order valence-corrected chi connectivity index (χ0v) is 23.5. The Morgan fingerprint density at radius 1 is 0.595 bits per heavy atom. The molecule has 2 aliphatic rings. The number of carbonyl (C=O) groups is 4. The summed E-state index contributed by atoms with van der Waals surface area (Å²) < 4.78 is 68.6. The molecule has 6 N–H and O–H groups in total. The van der Waals surface area contributed by atoms with Gasteiger partial charge in [-0.15, -0.1) is 0 Å². The number of benzene rings is 2. The number of carbonyl (C=O) groups excluding carboxylic acids is 4. The fourth-order valence-electron chi connectivity index (χ4n) is 3.50. The maximum atomic E-state index is 12.2. The van der Waals surface area contributed by atoms with E-state index in [1.165, 1.54) is 0 Å². The lowest BCUT2D eigenvalue weighted by atomic mass is 10.0. The van der Waals surface area contributed by atoms with E-state index >= 15 is 0 Å². The SMILES string of the molecule is O=C1NC(=S)NC(=O)C1N=Nc1ccc(-c2ccc(N=NC3C(=O)NC(=S)NC3=O)cc2S(=O)(=O)O)c(S(=O)(=O)O)c1. The quantitative estimate of drug-likeness (QED) is 0.0981. The minimum Gasteiger partial charge on any atom is -0.300 e. The van der Waals surface area contributed by atoms with Gasteiger partial charge in [0.2, 0.25) is 12.1 Å². The van der Waals surface area contributed by atoms with Crippen LogP contribution in [0.15, 0.2) is 66.6 Å². The van der Waals surface area contributed by atoms with Crippen molar-refractivity contribution >= 4 is 89.9 Å². The highest BCUT2D eigenvalue weighted by atomic mass is 32.2. The zero-order chi connectivity index (χ0) is 31.0. The van der Waals surface area contributed by atoms with Crippen LogP contribution in [0, 0.1) is 0 Å². The molecule has 22 heteroatoms. The Balaban J connectivity index is 1.74. The molecule has 0 bridgehead atoms. The molecule has 2 aliphatic heterocycles. The van der Waals surface area contributed by atoms with Crippen LogP contribution in [0.5, 0.6) is 0 Å². The normalized spacial score (nSPS) is 17.4. The number of hydrogen-bond acceptors (Lipinski definition) is 14. The van der Waals surface area contributed by atoms with Crippen LogP contribution in [0.1, 0.15) is 0 Å². The summed E-state index contributed by atoms with van der Waals surface area (Å²) in [6.07, 6.45) is 0. The average Bonchev–Trinajstić information content (AvgIpc) is 2.86. The first-order valence-electron chi connectivity index (χ1n) is 10.9. The van der Waals surface area contributed by atoms with E-state index in [4.69, 9.17) is 0 Å². The molecule has 4 rings (SSSR count). The molecule has 42 heavy (non-hydrogen) atoms. The number of nitrogens with zero attached hydrogens (tertiary/aromatic N) is 4. The second kappa shape index (κ2) is 11.4. The van der Waals surface area contributed by atoms with Gasteiger partial charge in [-0.25, -0.2) is 0 Å². The third kappa shape index (κ3) is 6.69. The van der Waals surface area contributed by atoms with Gasteiger partial charge in [0.15, 0.2) is 10.2 Å². The van der Waals surface area contributed by atoms with E-state index in [-0.39, 0.29) is 21.6 Å². The summed E-state index contributed by atoms with van der Waals surface area (Å²) in [7, 11) is -10.2. The van der Waals surface area contributed by atoms with E-state index in [9.17, 15) is 45.1 Å². The molecule has 2 heterocycles. The van der Waals surface area contributed by atoms with Gasteiger partial charge in [0.25, 0.3) is 43.9 Å². The minimum absolute atomic E-state index is 0.244. The van der Waals surface area contributed by atoms with Crippen LogP contribution in [0.2, 0.25) is 0 Å². The van der Waals surface area contributed by atoms with Crippen LogP contribution in [-0.4, -0.2) is 71.9 Å². The smallest absolute Gasteiger partial charge is 0.295 e. The molecule has 2 saturated heterocycles. The Kier molecular flexibility index (Phi) is 8.29. The van der Waals surface area contributed by atoms with Gasteiger partial charge in [0, 0.05) is 11.1 Å². The lowest BCUT2D eigenvalue weighted by Crippen LogP contribution is -2.57. The summed E-state index contributed by atoms with van der Waals surface area (Å²) in [5.41, 5.74) is -1.40. The summed E-state index contributed by atoms with van der Waals surface area (Å²) >= 11 is 9.35. The predicted octanol–water partition coefficient (Wildman–Crippen LogP) is -0.187. The van der Waals surface area contributed by atoms with Crippen LogP contribution in [-0.2, 0) is 39.4 Å². The topological polar surface area (TPSA) is 275 Å². The van der Waals surface area contributed by atoms with E-state index < -0.39 is 76.9 Å². The fraction of sp³-hybridized carbons (Fsp3) is 0.100. The summed E-state index contributed by atoms with van der Waals surface area (Å²) in [6, 6.07) is 2.46. The van der Waals surface area contributed by atoms with Crippen molar-refractivity contribution < 1.29 is 45.1 Å². The molecule has 218 valence electrons. The summed E-state index contributed by atoms with van der Waals surface area (Å²) in [4.78, 5) is 46.0. The first kappa shape index (κ1) is 30.5. The Hall–Kier alpha value is -4.48. The van der Waals surface area contributed by atoms with Crippen molar-refractivity contribution in [3.63, 3.8) is 0 Å². The van der Waals surface area contributed by atoms with Crippen molar-refractivity contribution in [1.29, 1.82) is 0 Å². The second-order valence-corrected chi connectivity index (χ2v) is 11.8. The Bertz CT molecular complexity index is 1700. The summed E-state index contributed by atoms with van der Waals surface area (Å²) in [6.45, 7) is 0. The number of amides is 4. The monoisotopic (exact) mass is 654 g/mol. The van der Waals surface area contributed by atoms with Crippen molar-refractivity contribution in [2.75, 3.05) is 0 Å². The van der Waals surface area contributed by atoms with Crippen molar-refractivity contribution in [3.8, 4) is 11.1 Å². The van der Waals surface area contributed by atoms with Gasteiger partial charge in [-0.2, -0.15) is 37.3 Å². The predicted molar refractivity (Wildman–Crippen MR) is 146 cm³/mol. The number of thiocarbonyl (C=S) groups is 2. The highest BCUT2D eigenvalue weighted by molar-refractivity contribution is 7.86. The molecule has 0 spiro atoms. The molecular weight excluding hydrogens is 641 g/mol. The largest absolute Gasteiger partial charge is 0.300 e. The summed E-state index contributed by atoms with van der Waals surface area (Å²) in [5, 5.41) is 22.5. The molecule has 0 aliphatic carbocycles. The zero-order valence-electron chi connectivity index (χ0n) is 20.2. The number of hydrogen-bond donors (Lipinski definition) is 6. The van der Waals surface area contributed by atoms with Gasteiger partial charge in [0.05, 0.1) is 11.4 Å². The molecule has 0 radical (unpaired) electrons. The van der Waals surface area contributed by atoms with Gasteiger partial charge in [-0.05, 0) is 48.7 Å². The highest BCUT2D eigenvalue weighted by Crippen LogP contribution is 2.37. The Labute approximate surface area is 245 Å². The third-order valence-corrected chi connectivity index (χ3v) is 7.49. The molecule has 0 atom stereocenters. The van der Waals surface area contributed by atoms with Crippen LogP contribution in [0.3, 0.4) is 0 Å². The van der Waals surface area contributed by atoms with E-state index in [1.54, 1.807) is 0 Å². The molecule has 4 amide bonds. The van der Waals surface area contributed by atoms with Crippen molar-refractivity contribution in [2.45, 2.75) is 21.9 Å². The number of azo groups is 2. The van der Waals surface area contributed by atoms with Crippen LogP contribution in [0.4, 0.5) is 11.4 Å². The van der Waals surface area contributed by atoms with Crippen LogP contribution >= 0.6 is 24.4 Å². The molecule has 2 aromatic carbocycles.